The van der Waals surface area contributed by atoms with Gasteiger partial charge in [-0.2, -0.15) is 0 Å². The van der Waals surface area contributed by atoms with Crippen molar-refractivity contribution in [3.05, 3.63) is 70.4 Å². The fourth-order valence-electron chi connectivity index (χ4n) is 3.39. The molecule has 0 amide bonds. The maximum atomic E-state index is 11.9. The quantitative estimate of drug-likeness (QED) is 0.289. The molecule has 0 aliphatic carbocycles. The second kappa shape index (κ2) is 9.54. The number of benzene rings is 2. The Balaban J connectivity index is 1.70. The fourth-order valence-corrected chi connectivity index (χ4v) is 5.56. The summed E-state index contributed by atoms with van der Waals surface area (Å²) in [6, 6.07) is 19.5. The SMILES string of the molecule is COc1ccc(-c2nc(Nc3cc(-c4ccccc4)sc3C(=O)O)sc2CC(C)C)cc1. The number of anilines is 2. The number of thiophene rings is 1. The van der Waals surface area contributed by atoms with Crippen LogP contribution in [-0.4, -0.2) is 23.2 Å². The lowest BCUT2D eigenvalue weighted by molar-refractivity contribution is 0.0703. The summed E-state index contributed by atoms with van der Waals surface area (Å²) < 4.78 is 5.27. The van der Waals surface area contributed by atoms with Gasteiger partial charge in [-0.3, -0.25) is 0 Å². The molecule has 2 heterocycles. The fraction of sp³-hybridized carbons (Fsp3) is 0.200. The minimum Gasteiger partial charge on any atom is -0.497 e. The van der Waals surface area contributed by atoms with Crippen molar-refractivity contribution >= 4 is 39.5 Å². The molecule has 0 unspecified atom stereocenters. The van der Waals surface area contributed by atoms with Gasteiger partial charge in [-0.1, -0.05) is 44.2 Å². The van der Waals surface area contributed by atoms with Gasteiger partial charge in [-0.15, -0.1) is 22.7 Å². The van der Waals surface area contributed by atoms with Crippen molar-refractivity contribution in [1.29, 1.82) is 0 Å². The van der Waals surface area contributed by atoms with Crippen molar-refractivity contribution in [3.8, 4) is 27.4 Å². The van der Waals surface area contributed by atoms with E-state index in [1.54, 1.807) is 18.4 Å². The number of nitrogens with one attached hydrogen (secondary N) is 1. The molecule has 0 atom stereocenters. The molecule has 164 valence electrons. The first-order valence-corrected chi connectivity index (χ1v) is 11.9. The third-order valence-corrected chi connectivity index (χ3v) is 7.05. The molecule has 7 heteroatoms. The van der Waals surface area contributed by atoms with Crippen LogP contribution in [0.5, 0.6) is 5.75 Å². The number of rotatable bonds is 8. The number of hydrogen-bond donors (Lipinski definition) is 2. The molecule has 5 nitrogen and oxygen atoms in total. The predicted molar refractivity (Wildman–Crippen MR) is 133 cm³/mol. The first kappa shape index (κ1) is 22.0. The van der Waals surface area contributed by atoms with Gasteiger partial charge in [0.2, 0.25) is 0 Å². The van der Waals surface area contributed by atoms with E-state index in [1.165, 1.54) is 16.2 Å². The highest BCUT2D eigenvalue weighted by Crippen LogP contribution is 2.39. The third-order valence-electron chi connectivity index (χ3n) is 4.88. The molecule has 2 N–H and O–H groups in total. The lowest BCUT2D eigenvalue weighted by Gasteiger charge is -2.06. The molecular formula is C25H24N2O3S2. The summed E-state index contributed by atoms with van der Waals surface area (Å²) in [4.78, 5) is 19.1. The number of methoxy groups -OCH3 is 1. The predicted octanol–water partition coefficient (Wildman–Crippen LogP) is 7.19. The molecule has 32 heavy (non-hydrogen) atoms. The van der Waals surface area contributed by atoms with Gasteiger partial charge in [0.25, 0.3) is 0 Å². The maximum absolute atomic E-state index is 11.9. The molecule has 0 saturated heterocycles. The summed E-state index contributed by atoms with van der Waals surface area (Å²) in [7, 11) is 1.65. The minimum atomic E-state index is -0.950. The zero-order chi connectivity index (χ0) is 22.7. The Morgan fingerprint density at radius 3 is 2.41 bits per heavy atom. The summed E-state index contributed by atoms with van der Waals surface area (Å²) >= 11 is 2.83. The van der Waals surface area contributed by atoms with Crippen molar-refractivity contribution < 1.29 is 14.6 Å². The Morgan fingerprint density at radius 1 is 1.06 bits per heavy atom. The van der Waals surface area contributed by atoms with Gasteiger partial charge in [0.15, 0.2) is 5.13 Å². The van der Waals surface area contributed by atoms with Crippen LogP contribution in [0.4, 0.5) is 10.8 Å². The second-order valence-electron chi connectivity index (χ2n) is 7.77. The highest BCUT2D eigenvalue weighted by molar-refractivity contribution is 7.18. The van der Waals surface area contributed by atoms with E-state index in [0.29, 0.717) is 16.7 Å². The van der Waals surface area contributed by atoms with Gasteiger partial charge in [0.1, 0.15) is 10.6 Å². The van der Waals surface area contributed by atoms with Gasteiger partial charge in [0, 0.05) is 15.3 Å². The molecule has 0 radical (unpaired) electrons. The number of aromatic nitrogens is 1. The van der Waals surface area contributed by atoms with Crippen LogP contribution in [0.2, 0.25) is 0 Å². The Kier molecular flexibility index (Phi) is 6.58. The maximum Gasteiger partial charge on any atom is 0.348 e. The van der Waals surface area contributed by atoms with Gasteiger partial charge in [-0.05, 0) is 48.2 Å². The lowest BCUT2D eigenvalue weighted by Crippen LogP contribution is -1.98. The van der Waals surface area contributed by atoms with Gasteiger partial charge >= 0.3 is 5.97 Å². The number of ether oxygens (including phenoxy) is 1. The Labute approximate surface area is 195 Å². The molecule has 0 aliphatic heterocycles. The number of carboxylic acid groups (broad SMARTS) is 1. The van der Waals surface area contributed by atoms with E-state index in [1.807, 2.05) is 60.7 Å². The van der Waals surface area contributed by atoms with Gasteiger partial charge in [0.05, 0.1) is 18.5 Å². The van der Waals surface area contributed by atoms with E-state index < -0.39 is 5.97 Å². The summed E-state index contributed by atoms with van der Waals surface area (Å²) in [5.41, 5.74) is 3.49. The van der Waals surface area contributed by atoms with E-state index in [2.05, 4.69) is 19.2 Å². The average molecular weight is 465 g/mol. The average Bonchev–Trinajstić information content (AvgIpc) is 3.38. The largest absolute Gasteiger partial charge is 0.497 e. The summed E-state index contributed by atoms with van der Waals surface area (Å²) in [5.74, 6) is 0.320. The molecule has 2 aromatic carbocycles. The van der Waals surface area contributed by atoms with Gasteiger partial charge < -0.3 is 15.2 Å². The number of thiazole rings is 1. The Hall–Kier alpha value is -3.16. The monoisotopic (exact) mass is 464 g/mol. The second-order valence-corrected chi connectivity index (χ2v) is 9.90. The van der Waals surface area contributed by atoms with E-state index in [0.717, 1.165) is 33.9 Å². The lowest BCUT2D eigenvalue weighted by atomic mass is 10.0. The van der Waals surface area contributed by atoms with Gasteiger partial charge in [-0.25, -0.2) is 9.78 Å². The standard InChI is InChI=1S/C25H24N2O3S2/c1-15(2)13-21-22(17-9-11-18(30-3)12-10-17)27-25(32-21)26-19-14-20(31-23(19)24(28)29)16-7-5-4-6-8-16/h4-12,14-15H,13H2,1-3H3,(H,26,27)(H,28,29). The van der Waals surface area contributed by atoms with E-state index in [4.69, 9.17) is 9.72 Å². The molecule has 0 aliphatic rings. The minimum absolute atomic E-state index is 0.274. The molecule has 0 spiro atoms. The molecule has 0 bridgehead atoms. The van der Waals surface area contributed by atoms with Crippen LogP contribution in [0, 0.1) is 5.92 Å². The number of hydrogen-bond acceptors (Lipinski definition) is 6. The molecule has 4 rings (SSSR count). The summed E-state index contributed by atoms with van der Waals surface area (Å²) in [6.07, 6.45) is 0.894. The molecule has 0 fully saturated rings. The number of nitrogens with zero attached hydrogens (tertiary/aromatic N) is 1. The first-order valence-electron chi connectivity index (χ1n) is 10.3. The van der Waals surface area contributed by atoms with Crippen LogP contribution in [0.1, 0.15) is 28.4 Å². The Bertz CT molecular complexity index is 1210. The number of aromatic carboxylic acids is 1. The number of carboxylic acids is 1. The molecule has 4 aromatic rings. The van der Waals surface area contributed by atoms with E-state index in [9.17, 15) is 9.90 Å². The van der Waals surface area contributed by atoms with Crippen molar-refractivity contribution in [1.82, 2.24) is 4.98 Å². The van der Waals surface area contributed by atoms with Crippen molar-refractivity contribution in [2.75, 3.05) is 12.4 Å². The van der Waals surface area contributed by atoms with E-state index in [-0.39, 0.29) is 4.88 Å². The normalized spacial score (nSPS) is 11.0. The highest BCUT2D eigenvalue weighted by Gasteiger charge is 2.20. The topological polar surface area (TPSA) is 71.5 Å². The third kappa shape index (κ3) is 4.84. The highest BCUT2D eigenvalue weighted by atomic mass is 32.1. The van der Waals surface area contributed by atoms with Crippen LogP contribution in [0.3, 0.4) is 0 Å². The van der Waals surface area contributed by atoms with Crippen molar-refractivity contribution in [2.45, 2.75) is 20.3 Å². The molecular weight excluding hydrogens is 440 g/mol. The Morgan fingerprint density at radius 2 is 1.78 bits per heavy atom. The van der Waals surface area contributed by atoms with Crippen molar-refractivity contribution in [3.63, 3.8) is 0 Å². The van der Waals surface area contributed by atoms with Crippen LogP contribution in [-0.2, 0) is 6.42 Å². The smallest absolute Gasteiger partial charge is 0.348 e. The van der Waals surface area contributed by atoms with Crippen LogP contribution in [0.15, 0.2) is 60.7 Å². The van der Waals surface area contributed by atoms with Crippen molar-refractivity contribution in [2.24, 2.45) is 5.92 Å². The summed E-state index contributed by atoms with van der Waals surface area (Å²) in [5, 5.41) is 13.7. The summed E-state index contributed by atoms with van der Waals surface area (Å²) in [6.45, 7) is 4.36. The van der Waals surface area contributed by atoms with E-state index >= 15 is 0 Å². The van der Waals surface area contributed by atoms with Crippen LogP contribution in [0.25, 0.3) is 21.7 Å². The first-order chi connectivity index (χ1) is 15.4. The molecule has 0 saturated carbocycles. The number of carbonyl (C=O) groups is 1. The zero-order valence-electron chi connectivity index (χ0n) is 18.1. The van der Waals surface area contributed by atoms with Crippen LogP contribution < -0.4 is 10.1 Å². The van der Waals surface area contributed by atoms with Crippen LogP contribution >= 0.6 is 22.7 Å². The molecule has 2 aromatic heterocycles. The zero-order valence-corrected chi connectivity index (χ0v) is 19.7.